The fraction of sp³-hybridized carbons (Fsp3) is 0.207. The van der Waals surface area contributed by atoms with Crippen molar-refractivity contribution in [1.82, 2.24) is 5.32 Å². The largest absolute Gasteiger partial charge is 0.345 e. The highest BCUT2D eigenvalue weighted by molar-refractivity contribution is 8.05. The quantitative estimate of drug-likeness (QED) is 0.335. The number of hydrogen-bond acceptors (Lipinski definition) is 4. The van der Waals surface area contributed by atoms with Crippen molar-refractivity contribution in [3.8, 4) is 6.07 Å². The smallest absolute Gasteiger partial charge is 0.265 e. The first kappa shape index (κ1) is 25.2. The van der Waals surface area contributed by atoms with Crippen molar-refractivity contribution >= 4 is 29.3 Å². The van der Waals surface area contributed by atoms with Crippen molar-refractivity contribution in [2.45, 2.75) is 38.0 Å². The number of amides is 2. The van der Waals surface area contributed by atoms with Crippen molar-refractivity contribution in [1.29, 1.82) is 5.26 Å². The topological polar surface area (TPSA) is 73.2 Å². The molecule has 3 aromatic rings. The summed E-state index contributed by atoms with van der Waals surface area (Å²) in [5, 5.41) is 12.7. The minimum Gasteiger partial charge on any atom is -0.345 e. The Hall–Kier alpha value is -3.89. The van der Waals surface area contributed by atoms with Gasteiger partial charge in [0.15, 0.2) is 0 Å². The van der Waals surface area contributed by atoms with E-state index in [1.54, 1.807) is 12.1 Å². The first-order valence-corrected chi connectivity index (χ1v) is 12.6. The van der Waals surface area contributed by atoms with Crippen LogP contribution in [0.25, 0.3) is 0 Å². The third-order valence-corrected chi connectivity index (χ3v) is 7.35. The Morgan fingerprint density at radius 1 is 1.06 bits per heavy atom. The molecule has 0 bridgehead atoms. The summed E-state index contributed by atoms with van der Waals surface area (Å²) in [5.41, 5.74) is 3.30. The molecule has 2 amide bonds. The predicted molar refractivity (Wildman–Crippen MR) is 140 cm³/mol. The van der Waals surface area contributed by atoms with Gasteiger partial charge in [-0.1, -0.05) is 73.3 Å². The molecule has 182 valence electrons. The lowest BCUT2D eigenvalue weighted by atomic mass is 10.1. The normalized spacial score (nSPS) is 17.4. The van der Waals surface area contributed by atoms with Crippen molar-refractivity contribution in [2.24, 2.45) is 0 Å². The average molecular weight is 500 g/mol. The highest BCUT2D eigenvalue weighted by Crippen LogP contribution is 2.42. The van der Waals surface area contributed by atoms with Crippen LogP contribution in [0.5, 0.6) is 0 Å². The molecule has 0 aliphatic carbocycles. The van der Waals surface area contributed by atoms with Crippen LogP contribution in [-0.4, -0.2) is 17.1 Å². The van der Waals surface area contributed by atoms with E-state index in [0.29, 0.717) is 17.1 Å². The second-order valence-corrected chi connectivity index (χ2v) is 9.72. The molecule has 0 spiro atoms. The van der Waals surface area contributed by atoms with Gasteiger partial charge >= 0.3 is 0 Å². The molecule has 2 atom stereocenters. The molecule has 1 saturated heterocycles. The van der Waals surface area contributed by atoms with E-state index < -0.39 is 11.2 Å². The van der Waals surface area contributed by atoms with Gasteiger partial charge in [-0.05, 0) is 60.7 Å². The van der Waals surface area contributed by atoms with Crippen molar-refractivity contribution in [2.75, 3.05) is 4.90 Å². The first-order chi connectivity index (χ1) is 17.4. The number of nitriles is 1. The van der Waals surface area contributed by atoms with Gasteiger partial charge < -0.3 is 5.32 Å². The zero-order valence-electron chi connectivity index (χ0n) is 20.1. The van der Waals surface area contributed by atoms with Gasteiger partial charge in [-0.25, -0.2) is 4.39 Å². The molecule has 2 unspecified atom stereocenters. The van der Waals surface area contributed by atoms with Crippen LogP contribution in [0, 0.1) is 17.1 Å². The monoisotopic (exact) mass is 499 g/mol. The van der Waals surface area contributed by atoms with Gasteiger partial charge in [0.2, 0.25) is 5.91 Å². The molecule has 0 radical (unpaired) electrons. The molecule has 3 aromatic carbocycles. The Balaban J connectivity index is 1.69. The summed E-state index contributed by atoms with van der Waals surface area (Å²) in [7, 11) is 0. The van der Waals surface area contributed by atoms with Gasteiger partial charge in [-0.2, -0.15) is 5.26 Å². The van der Waals surface area contributed by atoms with Gasteiger partial charge in [0.25, 0.3) is 5.91 Å². The van der Waals surface area contributed by atoms with E-state index in [1.807, 2.05) is 74.5 Å². The predicted octanol–water partition coefficient (Wildman–Crippen LogP) is 5.69. The second-order valence-electron chi connectivity index (χ2n) is 8.53. The molecular weight excluding hydrogens is 473 g/mol. The van der Waals surface area contributed by atoms with Crippen LogP contribution in [0.1, 0.15) is 36.6 Å². The van der Waals surface area contributed by atoms with Crippen molar-refractivity contribution in [3.63, 3.8) is 0 Å². The maximum Gasteiger partial charge on any atom is 0.265 e. The molecule has 1 N–H and O–H groups in total. The fourth-order valence-corrected chi connectivity index (χ4v) is 5.34. The van der Waals surface area contributed by atoms with Crippen LogP contribution in [0.2, 0.25) is 0 Å². The number of nitrogens with one attached hydrogen (secondary N) is 1. The number of nitrogens with zero attached hydrogens (tertiary/aromatic N) is 2. The Kier molecular flexibility index (Phi) is 7.87. The Morgan fingerprint density at radius 3 is 2.31 bits per heavy atom. The molecule has 1 heterocycles. The molecule has 5 nitrogen and oxygen atoms in total. The van der Waals surface area contributed by atoms with Crippen LogP contribution in [0.3, 0.4) is 0 Å². The third kappa shape index (κ3) is 5.50. The molecule has 36 heavy (non-hydrogen) atoms. The zero-order valence-corrected chi connectivity index (χ0v) is 20.9. The summed E-state index contributed by atoms with van der Waals surface area (Å²) in [4.78, 5) is 28.3. The van der Waals surface area contributed by atoms with Crippen LogP contribution in [0.15, 0.2) is 89.5 Å². The number of thioether (sulfide) groups is 1. The summed E-state index contributed by atoms with van der Waals surface area (Å²) < 4.78 is 13.4. The van der Waals surface area contributed by atoms with E-state index in [4.69, 9.17) is 0 Å². The molecule has 7 heteroatoms. The lowest BCUT2D eigenvalue weighted by Crippen LogP contribution is -2.32. The second kappa shape index (κ2) is 11.2. The summed E-state index contributed by atoms with van der Waals surface area (Å²) in [6.07, 6.45) is 1.19. The number of halogens is 1. The van der Waals surface area contributed by atoms with E-state index in [9.17, 15) is 19.2 Å². The number of anilines is 1. The highest BCUT2D eigenvalue weighted by Gasteiger charge is 2.41. The van der Waals surface area contributed by atoms with E-state index in [1.165, 1.54) is 28.8 Å². The average Bonchev–Trinajstić information content (AvgIpc) is 3.21. The Morgan fingerprint density at radius 2 is 1.69 bits per heavy atom. The van der Waals surface area contributed by atoms with Gasteiger partial charge in [0.1, 0.15) is 22.5 Å². The maximum absolute atomic E-state index is 13.6. The standard InChI is InChI=1S/C29H26FN3O2S/c1-3-20-11-15-24(16-12-20)33-28(35)26(17-21-9-13-23(30)14-10-21)36-29(33)25(18-31)27(34)32-19(2)22-7-5-4-6-8-22/h4-16,19,26H,3,17H2,1-2H3,(H,32,34)/b29-25-. The van der Waals surface area contributed by atoms with Gasteiger partial charge in [-0.15, -0.1) is 0 Å². The summed E-state index contributed by atoms with van der Waals surface area (Å²) in [6, 6.07) is 24.7. The Bertz CT molecular complexity index is 1320. The molecule has 0 saturated carbocycles. The number of carbonyl (C=O) groups excluding carboxylic acids is 2. The van der Waals surface area contributed by atoms with E-state index in [0.717, 1.165) is 23.1 Å². The summed E-state index contributed by atoms with van der Waals surface area (Å²) in [6.45, 7) is 3.89. The van der Waals surface area contributed by atoms with Gasteiger partial charge in [0, 0.05) is 5.69 Å². The highest BCUT2D eigenvalue weighted by atomic mass is 32.2. The molecule has 0 aromatic heterocycles. The van der Waals surface area contributed by atoms with Crippen LogP contribution >= 0.6 is 11.8 Å². The molecule has 1 fully saturated rings. The van der Waals surface area contributed by atoms with Crippen LogP contribution in [0.4, 0.5) is 10.1 Å². The maximum atomic E-state index is 13.6. The lowest BCUT2D eigenvalue weighted by molar-refractivity contribution is -0.117. The van der Waals surface area contributed by atoms with Crippen molar-refractivity contribution < 1.29 is 14.0 Å². The molecular formula is C29H26FN3O2S. The van der Waals surface area contributed by atoms with E-state index in [2.05, 4.69) is 5.32 Å². The number of benzene rings is 3. The molecule has 1 aliphatic rings. The van der Waals surface area contributed by atoms with E-state index in [-0.39, 0.29) is 23.3 Å². The number of carbonyl (C=O) groups is 2. The van der Waals surface area contributed by atoms with E-state index >= 15 is 0 Å². The number of aryl methyl sites for hydroxylation is 1. The van der Waals surface area contributed by atoms with Crippen LogP contribution < -0.4 is 10.2 Å². The lowest BCUT2D eigenvalue weighted by Gasteiger charge is -2.20. The minimum absolute atomic E-state index is 0.114. The molecule has 1 aliphatic heterocycles. The molecule has 4 rings (SSSR count). The number of hydrogen-bond donors (Lipinski definition) is 1. The van der Waals surface area contributed by atoms with Gasteiger partial charge in [0.05, 0.1) is 11.3 Å². The van der Waals surface area contributed by atoms with Crippen molar-refractivity contribution in [3.05, 3.63) is 112 Å². The summed E-state index contributed by atoms with van der Waals surface area (Å²) in [5.74, 6) is -1.11. The van der Waals surface area contributed by atoms with Crippen LogP contribution in [-0.2, 0) is 22.4 Å². The SMILES string of the molecule is CCc1ccc(N2C(=O)C(Cc3ccc(F)cc3)S/C2=C(/C#N)C(=O)NC(C)c2ccccc2)cc1. The fourth-order valence-electron chi connectivity index (χ4n) is 4.03. The van der Waals surface area contributed by atoms with Gasteiger partial charge in [-0.3, -0.25) is 14.5 Å². The first-order valence-electron chi connectivity index (χ1n) is 11.8. The number of rotatable bonds is 7. The third-order valence-electron chi connectivity index (χ3n) is 6.09. The Labute approximate surface area is 214 Å². The zero-order chi connectivity index (χ0) is 25.7. The minimum atomic E-state index is -0.556. The summed E-state index contributed by atoms with van der Waals surface area (Å²) >= 11 is 1.19.